The van der Waals surface area contributed by atoms with Crippen LogP contribution in [0, 0.1) is 0 Å². The van der Waals surface area contributed by atoms with Gasteiger partial charge in [-0.2, -0.15) is 0 Å². The minimum absolute atomic E-state index is 0.0409. The molecule has 2 N–H and O–H groups in total. The van der Waals surface area contributed by atoms with Crippen LogP contribution in [0.5, 0.6) is 11.5 Å². The molecule has 0 saturated carbocycles. The van der Waals surface area contributed by atoms with E-state index in [2.05, 4.69) is 10.6 Å². The maximum atomic E-state index is 13.1. The first-order chi connectivity index (χ1) is 16.2. The highest BCUT2D eigenvalue weighted by atomic mass is 16.6. The Morgan fingerprint density at radius 3 is 2.42 bits per heavy atom. The number of amides is 2. The molecule has 0 spiro atoms. The number of hydrogen-bond acceptors (Lipinski definition) is 5. The number of carbonyl (C=O) groups excluding carboxylic acids is 2. The number of nitrogens with one attached hydrogen (secondary N) is 2. The van der Waals surface area contributed by atoms with Crippen molar-refractivity contribution in [3.05, 3.63) is 84.1 Å². The minimum Gasteiger partial charge on any atom is -0.486 e. The molecule has 0 unspecified atom stereocenters. The van der Waals surface area contributed by atoms with E-state index in [4.69, 9.17) is 13.9 Å². The summed E-state index contributed by atoms with van der Waals surface area (Å²) in [4.78, 5) is 25.8. The van der Waals surface area contributed by atoms with Crippen molar-refractivity contribution in [3.8, 4) is 11.5 Å². The molecule has 1 aliphatic heterocycles. The van der Waals surface area contributed by atoms with Gasteiger partial charge in [0.1, 0.15) is 24.5 Å². The van der Waals surface area contributed by atoms with E-state index in [0.717, 1.165) is 5.56 Å². The smallest absolute Gasteiger partial charge is 0.293 e. The second-order valence-corrected chi connectivity index (χ2v) is 7.65. The summed E-state index contributed by atoms with van der Waals surface area (Å²) in [6.07, 6.45) is 0.883. The van der Waals surface area contributed by atoms with Crippen molar-refractivity contribution >= 4 is 34.2 Å². The predicted octanol–water partition coefficient (Wildman–Crippen LogP) is 5.03. The molecule has 7 nitrogen and oxygen atoms in total. The lowest BCUT2D eigenvalue weighted by Crippen LogP contribution is -2.18. The molecule has 0 fully saturated rings. The molecule has 33 heavy (non-hydrogen) atoms. The first-order valence-electron chi connectivity index (χ1n) is 10.7. The Kier molecular flexibility index (Phi) is 5.68. The van der Waals surface area contributed by atoms with Gasteiger partial charge in [0.05, 0.1) is 0 Å². The third-order valence-corrected chi connectivity index (χ3v) is 5.35. The number of carbonyl (C=O) groups is 2. The summed E-state index contributed by atoms with van der Waals surface area (Å²) in [6.45, 7) is 0.943. The molecular weight excluding hydrogens is 420 g/mol. The SMILES string of the molecule is O=C(CCc1ccccc1)Nc1c(C(=O)Nc2ccc3c(c2)OCCO3)oc2ccccc12. The summed E-state index contributed by atoms with van der Waals surface area (Å²) in [5.41, 5.74) is 2.48. The molecule has 0 saturated heterocycles. The normalized spacial score (nSPS) is 12.4. The van der Waals surface area contributed by atoms with Crippen LogP contribution in [-0.2, 0) is 11.2 Å². The molecule has 2 heterocycles. The number of para-hydroxylation sites is 1. The molecule has 0 atom stereocenters. The third kappa shape index (κ3) is 4.52. The molecule has 166 valence electrons. The Bertz CT molecular complexity index is 1310. The van der Waals surface area contributed by atoms with Gasteiger partial charge in [-0.25, -0.2) is 0 Å². The quantitative estimate of drug-likeness (QED) is 0.437. The Morgan fingerprint density at radius 1 is 0.818 bits per heavy atom. The molecule has 4 aromatic rings. The van der Waals surface area contributed by atoms with Gasteiger partial charge in [0.15, 0.2) is 11.5 Å². The molecule has 5 rings (SSSR count). The van der Waals surface area contributed by atoms with Crippen molar-refractivity contribution in [3.63, 3.8) is 0 Å². The number of ether oxygens (including phenoxy) is 2. The Balaban J connectivity index is 1.37. The largest absolute Gasteiger partial charge is 0.486 e. The van der Waals surface area contributed by atoms with E-state index >= 15 is 0 Å². The highest BCUT2D eigenvalue weighted by molar-refractivity contribution is 6.14. The lowest BCUT2D eigenvalue weighted by molar-refractivity contribution is -0.116. The zero-order valence-electron chi connectivity index (χ0n) is 17.8. The molecular formula is C26H22N2O5. The summed E-state index contributed by atoms with van der Waals surface area (Å²) < 4.78 is 16.9. The summed E-state index contributed by atoms with van der Waals surface area (Å²) in [5.74, 6) is 0.576. The molecule has 0 radical (unpaired) electrons. The van der Waals surface area contributed by atoms with Gasteiger partial charge in [-0.3, -0.25) is 9.59 Å². The van der Waals surface area contributed by atoms with Crippen molar-refractivity contribution < 1.29 is 23.5 Å². The van der Waals surface area contributed by atoms with Crippen LogP contribution in [0.25, 0.3) is 11.0 Å². The van der Waals surface area contributed by atoms with E-state index in [1.54, 1.807) is 24.3 Å². The van der Waals surface area contributed by atoms with Crippen LogP contribution in [0.2, 0.25) is 0 Å². The minimum atomic E-state index is -0.471. The standard InChI is InChI=1S/C26H22N2O5/c29-23(13-10-17-6-2-1-3-7-17)28-24-19-8-4-5-9-20(19)33-25(24)26(30)27-18-11-12-21-22(16-18)32-15-14-31-21/h1-9,11-12,16H,10,13-15H2,(H,27,30)(H,28,29). The van der Waals surface area contributed by atoms with Gasteiger partial charge in [0, 0.05) is 23.6 Å². The molecule has 1 aromatic heterocycles. The van der Waals surface area contributed by atoms with Crippen LogP contribution < -0.4 is 20.1 Å². The van der Waals surface area contributed by atoms with Gasteiger partial charge in [0.25, 0.3) is 5.91 Å². The zero-order valence-corrected chi connectivity index (χ0v) is 17.8. The molecule has 0 aliphatic carbocycles. The third-order valence-electron chi connectivity index (χ3n) is 5.35. The summed E-state index contributed by atoms with van der Waals surface area (Å²) in [7, 11) is 0. The average molecular weight is 442 g/mol. The lowest BCUT2D eigenvalue weighted by atomic mass is 10.1. The van der Waals surface area contributed by atoms with Gasteiger partial charge in [-0.1, -0.05) is 42.5 Å². The van der Waals surface area contributed by atoms with Crippen LogP contribution in [0.3, 0.4) is 0 Å². The van der Waals surface area contributed by atoms with Crippen LogP contribution in [-0.4, -0.2) is 25.0 Å². The Morgan fingerprint density at radius 2 is 1.58 bits per heavy atom. The van der Waals surface area contributed by atoms with Gasteiger partial charge >= 0.3 is 0 Å². The molecule has 3 aromatic carbocycles. The first-order valence-corrected chi connectivity index (χ1v) is 10.7. The maximum Gasteiger partial charge on any atom is 0.293 e. The highest BCUT2D eigenvalue weighted by Crippen LogP contribution is 2.34. The van der Waals surface area contributed by atoms with Gasteiger partial charge in [-0.05, 0) is 36.2 Å². The van der Waals surface area contributed by atoms with Crippen LogP contribution in [0.15, 0.2) is 77.2 Å². The van der Waals surface area contributed by atoms with Crippen molar-refractivity contribution in [2.45, 2.75) is 12.8 Å². The van der Waals surface area contributed by atoms with Crippen LogP contribution in [0.4, 0.5) is 11.4 Å². The van der Waals surface area contributed by atoms with Crippen molar-refractivity contribution in [1.82, 2.24) is 0 Å². The fourth-order valence-electron chi connectivity index (χ4n) is 3.74. The van der Waals surface area contributed by atoms with Crippen molar-refractivity contribution in [1.29, 1.82) is 0 Å². The topological polar surface area (TPSA) is 89.8 Å². The first kappa shape index (κ1) is 20.6. The summed E-state index contributed by atoms with van der Waals surface area (Å²) in [5, 5.41) is 6.37. The monoisotopic (exact) mass is 442 g/mol. The molecule has 1 aliphatic rings. The Labute approximate surface area is 190 Å². The Hall–Kier alpha value is -4.26. The van der Waals surface area contributed by atoms with Crippen LogP contribution in [0.1, 0.15) is 22.5 Å². The maximum absolute atomic E-state index is 13.1. The van der Waals surface area contributed by atoms with Gasteiger partial charge in [-0.15, -0.1) is 0 Å². The molecule has 2 amide bonds. The number of fused-ring (bicyclic) bond motifs is 2. The zero-order chi connectivity index (χ0) is 22.6. The number of anilines is 2. The molecule has 7 heteroatoms. The predicted molar refractivity (Wildman–Crippen MR) is 125 cm³/mol. The van der Waals surface area contributed by atoms with E-state index in [1.165, 1.54) is 0 Å². The number of furan rings is 1. The van der Waals surface area contributed by atoms with Crippen molar-refractivity contribution in [2.24, 2.45) is 0 Å². The second kappa shape index (κ2) is 9.08. The average Bonchev–Trinajstić information content (AvgIpc) is 3.22. The molecule has 0 bridgehead atoms. The number of benzene rings is 3. The van der Waals surface area contributed by atoms with Crippen LogP contribution >= 0.6 is 0 Å². The number of hydrogen-bond donors (Lipinski definition) is 2. The highest BCUT2D eigenvalue weighted by Gasteiger charge is 2.23. The summed E-state index contributed by atoms with van der Waals surface area (Å²) >= 11 is 0. The number of aryl methyl sites for hydroxylation is 1. The van der Waals surface area contributed by atoms with E-state index in [0.29, 0.717) is 53.5 Å². The van der Waals surface area contributed by atoms with Crippen molar-refractivity contribution in [2.75, 3.05) is 23.8 Å². The number of rotatable bonds is 6. The van der Waals surface area contributed by atoms with Gasteiger partial charge in [0.2, 0.25) is 11.7 Å². The van der Waals surface area contributed by atoms with E-state index in [1.807, 2.05) is 48.5 Å². The van der Waals surface area contributed by atoms with E-state index < -0.39 is 5.91 Å². The second-order valence-electron chi connectivity index (χ2n) is 7.65. The van der Waals surface area contributed by atoms with E-state index in [-0.39, 0.29) is 18.1 Å². The fraction of sp³-hybridized carbons (Fsp3) is 0.154. The fourth-order valence-corrected chi connectivity index (χ4v) is 3.74. The lowest BCUT2D eigenvalue weighted by Gasteiger charge is -2.18. The van der Waals surface area contributed by atoms with E-state index in [9.17, 15) is 9.59 Å². The summed E-state index contributed by atoms with van der Waals surface area (Å²) in [6, 6.07) is 22.2. The van der Waals surface area contributed by atoms with Gasteiger partial charge < -0.3 is 24.5 Å².